The minimum atomic E-state index is -0.115. The van der Waals surface area contributed by atoms with Crippen LogP contribution in [0.25, 0.3) is 0 Å². The van der Waals surface area contributed by atoms with Crippen LogP contribution in [-0.2, 0) is 17.6 Å². The lowest BCUT2D eigenvalue weighted by molar-refractivity contribution is -0.116. The first kappa shape index (κ1) is 17.3. The van der Waals surface area contributed by atoms with Gasteiger partial charge in [-0.15, -0.1) is 0 Å². The molecule has 1 aliphatic carbocycles. The van der Waals surface area contributed by atoms with Gasteiger partial charge in [-0.3, -0.25) is 14.2 Å². The number of rotatable bonds is 4. The van der Waals surface area contributed by atoms with E-state index in [4.69, 9.17) is 0 Å². The van der Waals surface area contributed by atoms with E-state index in [-0.39, 0.29) is 17.5 Å². The highest BCUT2D eigenvalue weighted by atomic mass is 32.2. The molecular weight excluding hydrogens is 346 g/mol. The molecule has 1 aromatic carbocycles. The number of anilines is 1. The Morgan fingerprint density at radius 2 is 2.08 bits per heavy atom. The van der Waals surface area contributed by atoms with Crippen molar-refractivity contribution < 1.29 is 4.79 Å². The summed E-state index contributed by atoms with van der Waals surface area (Å²) >= 11 is 1.58. The number of carbonyl (C=O) groups excluding carboxylic acids is 1. The molecular formula is C20H23N3O2S. The molecule has 2 aromatic rings. The highest BCUT2D eigenvalue weighted by molar-refractivity contribution is 7.99. The second-order valence-electron chi connectivity index (χ2n) is 7.34. The topological polar surface area (TPSA) is 64.0 Å². The molecule has 1 aromatic heterocycles. The average Bonchev–Trinajstić information content (AvgIpc) is 3.23. The zero-order valence-corrected chi connectivity index (χ0v) is 15.9. The van der Waals surface area contributed by atoms with E-state index in [2.05, 4.69) is 24.1 Å². The van der Waals surface area contributed by atoms with Crippen LogP contribution in [0.1, 0.15) is 55.5 Å². The van der Waals surface area contributed by atoms with Gasteiger partial charge in [-0.05, 0) is 42.9 Å². The molecule has 6 heteroatoms. The van der Waals surface area contributed by atoms with Crippen LogP contribution >= 0.6 is 11.8 Å². The molecule has 0 spiro atoms. The summed E-state index contributed by atoms with van der Waals surface area (Å²) in [4.78, 5) is 29.9. The Bertz CT molecular complexity index is 903. The molecule has 2 heterocycles. The highest BCUT2D eigenvalue weighted by Gasteiger charge is 2.31. The van der Waals surface area contributed by atoms with Gasteiger partial charge in [0.15, 0.2) is 5.16 Å². The molecule has 136 valence electrons. The van der Waals surface area contributed by atoms with Crippen LogP contribution < -0.4 is 10.9 Å². The van der Waals surface area contributed by atoms with Gasteiger partial charge >= 0.3 is 0 Å². The minimum absolute atomic E-state index is 0.0617. The normalized spacial score (nSPS) is 18.0. The van der Waals surface area contributed by atoms with E-state index in [1.807, 2.05) is 24.3 Å². The van der Waals surface area contributed by atoms with E-state index in [1.165, 1.54) is 5.56 Å². The minimum Gasteiger partial charge on any atom is -0.326 e. The van der Waals surface area contributed by atoms with E-state index in [9.17, 15) is 9.59 Å². The predicted molar refractivity (Wildman–Crippen MR) is 104 cm³/mol. The molecule has 1 unspecified atom stereocenters. The van der Waals surface area contributed by atoms with Crippen molar-refractivity contribution in [2.24, 2.45) is 0 Å². The zero-order chi connectivity index (χ0) is 18.3. The number of benzene rings is 1. The summed E-state index contributed by atoms with van der Waals surface area (Å²) in [6, 6.07) is 7.84. The third-order valence-electron chi connectivity index (χ3n) is 5.15. The van der Waals surface area contributed by atoms with E-state index in [1.54, 1.807) is 16.3 Å². The molecule has 1 N–H and O–H groups in total. The summed E-state index contributed by atoms with van der Waals surface area (Å²) in [5.41, 5.74) is 3.92. The maximum Gasteiger partial charge on any atom is 0.257 e. The quantitative estimate of drug-likeness (QED) is 0.838. The fourth-order valence-corrected chi connectivity index (χ4v) is 4.83. The maximum atomic E-state index is 12.8. The van der Waals surface area contributed by atoms with Gasteiger partial charge < -0.3 is 5.32 Å². The lowest BCUT2D eigenvalue weighted by Gasteiger charge is -2.14. The average molecular weight is 369 g/mol. The molecule has 1 amide bonds. The van der Waals surface area contributed by atoms with Crippen LogP contribution in [0.5, 0.6) is 0 Å². The van der Waals surface area contributed by atoms with Crippen LogP contribution in [0, 0.1) is 0 Å². The third-order valence-corrected chi connectivity index (χ3v) is 6.25. The molecule has 4 rings (SSSR count). The Labute approximate surface area is 157 Å². The first-order valence-corrected chi connectivity index (χ1v) is 10.2. The lowest BCUT2D eigenvalue weighted by Crippen LogP contribution is -2.30. The summed E-state index contributed by atoms with van der Waals surface area (Å²) in [6.45, 7) is 4.29. The summed E-state index contributed by atoms with van der Waals surface area (Å²) in [5, 5.41) is 3.73. The number of aromatic nitrogens is 2. The monoisotopic (exact) mass is 369 g/mol. The Morgan fingerprint density at radius 3 is 2.81 bits per heavy atom. The van der Waals surface area contributed by atoms with E-state index in [0.29, 0.717) is 12.3 Å². The van der Waals surface area contributed by atoms with Crippen LogP contribution in [0.2, 0.25) is 0 Å². The second kappa shape index (κ2) is 6.91. The Hall–Kier alpha value is -2.08. The van der Waals surface area contributed by atoms with E-state index >= 15 is 0 Å². The van der Waals surface area contributed by atoms with Crippen LogP contribution in [0.4, 0.5) is 5.69 Å². The van der Waals surface area contributed by atoms with Gasteiger partial charge in [0.1, 0.15) is 0 Å². The molecule has 0 bridgehead atoms. The fraction of sp³-hybridized carbons (Fsp3) is 0.450. The van der Waals surface area contributed by atoms with Crippen molar-refractivity contribution in [3.8, 4) is 0 Å². The molecule has 1 aliphatic heterocycles. The molecule has 1 atom stereocenters. The number of nitrogens with one attached hydrogen (secondary N) is 1. The van der Waals surface area contributed by atoms with Crippen molar-refractivity contribution in [1.29, 1.82) is 0 Å². The maximum absolute atomic E-state index is 12.8. The van der Waals surface area contributed by atoms with Crippen molar-refractivity contribution in [1.82, 2.24) is 9.55 Å². The molecule has 0 saturated carbocycles. The molecule has 26 heavy (non-hydrogen) atoms. The smallest absolute Gasteiger partial charge is 0.257 e. The molecule has 0 saturated heterocycles. The van der Waals surface area contributed by atoms with Gasteiger partial charge in [-0.25, -0.2) is 4.98 Å². The number of aryl methyl sites for hydroxylation is 1. The van der Waals surface area contributed by atoms with E-state index in [0.717, 1.165) is 47.1 Å². The summed E-state index contributed by atoms with van der Waals surface area (Å²) in [5.74, 6) is 1.13. The van der Waals surface area contributed by atoms with Gasteiger partial charge in [0.2, 0.25) is 5.91 Å². The number of carbonyl (C=O) groups is 1. The van der Waals surface area contributed by atoms with Crippen molar-refractivity contribution in [3.63, 3.8) is 0 Å². The Balaban J connectivity index is 1.48. The van der Waals surface area contributed by atoms with Crippen molar-refractivity contribution in [3.05, 3.63) is 51.4 Å². The fourth-order valence-electron chi connectivity index (χ4n) is 3.68. The first-order chi connectivity index (χ1) is 12.5. The highest BCUT2D eigenvalue weighted by Crippen LogP contribution is 2.34. The van der Waals surface area contributed by atoms with Crippen LogP contribution in [0.3, 0.4) is 0 Å². The van der Waals surface area contributed by atoms with Crippen LogP contribution in [0.15, 0.2) is 34.2 Å². The zero-order valence-electron chi connectivity index (χ0n) is 15.1. The largest absolute Gasteiger partial charge is 0.326 e. The van der Waals surface area contributed by atoms with Crippen molar-refractivity contribution in [2.75, 3.05) is 11.1 Å². The van der Waals surface area contributed by atoms with Gasteiger partial charge in [0.25, 0.3) is 5.56 Å². The Morgan fingerprint density at radius 1 is 1.31 bits per heavy atom. The van der Waals surface area contributed by atoms with Crippen molar-refractivity contribution >= 4 is 23.4 Å². The van der Waals surface area contributed by atoms with Gasteiger partial charge in [0, 0.05) is 23.4 Å². The standard InChI is InChI=1S/C20H23N3O2S/c1-12(2)13-6-8-14(9-7-13)21-18(24)10-15-11-26-20-22-17-5-3-4-16(17)19(25)23(15)20/h6-9,12,15H,3-5,10-11H2,1-2H3,(H,21,24). The number of hydrogen-bond donors (Lipinski definition) is 1. The van der Waals surface area contributed by atoms with Crippen molar-refractivity contribution in [2.45, 2.75) is 56.6 Å². The number of amides is 1. The van der Waals surface area contributed by atoms with Crippen LogP contribution in [-0.4, -0.2) is 21.2 Å². The molecule has 0 radical (unpaired) electrons. The SMILES string of the molecule is CC(C)c1ccc(NC(=O)CC2CSc3nc4c(c(=O)n32)CCC4)cc1. The lowest BCUT2D eigenvalue weighted by atomic mass is 10.0. The number of hydrogen-bond acceptors (Lipinski definition) is 4. The summed E-state index contributed by atoms with van der Waals surface area (Å²) in [6.07, 6.45) is 3.01. The second-order valence-corrected chi connectivity index (χ2v) is 8.33. The third kappa shape index (κ3) is 3.18. The van der Waals surface area contributed by atoms with Gasteiger partial charge in [0.05, 0.1) is 11.7 Å². The molecule has 2 aliphatic rings. The van der Waals surface area contributed by atoms with Gasteiger partial charge in [-0.2, -0.15) is 0 Å². The number of thioether (sulfide) groups is 1. The van der Waals surface area contributed by atoms with E-state index < -0.39 is 0 Å². The summed E-state index contributed by atoms with van der Waals surface area (Å²) in [7, 11) is 0. The molecule has 5 nitrogen and oxygen atoms in total. The number of fused-ring (bicyclic) bond motifs is 2. The molecule has 0 fully saturated rings. The Kier molecular flexibility index (Phi) is 4.61. The number of nitrogens with zero attached hydrogens (tertiary/aromatic N) is 2. The van der Waals surface area contributed by atoms with Gasteiger partial charge in [-0.1, -0.05) is 37.7 Å². The first-order valence-electron chi connectivity index (χ1n) is 9.20. The predicted octanol–water partition coefficient (Wildman–Crippen LogP) is 3.53. The summed E-state index contributed by atoms with van der Waals surface area (Å²) < 4.78 is 1.75.